The van der Waals surface area contributed by atoms with Gasteiger partial charge in [0.25, 0.3) is 0 Å². The van der Waals surface area contributed by atoms with Crippen molar-refractivity contribution in [3.63, 3.8) is 0 Å². The summed E-state index contributed by atoms with van der Waals surface area (Å²) in [7, 11) is 0. The smallest absolute Gasteiger partial charge is 0.347 e. The number of aliphatic hydroxyl groups is 1. The molecule has 5 nitrogen and oxygen atoms in total. The van der Waals surface area contributed by atoms with Crippen LogP contribution in [0.5, 0.6) is 5.75 Å². The van der Waals surface area contributed by atoms with Crippen molar-refractivity contribution in [3.8, 4) is 17.1 Å². The number of ether oxygens (including phenoxy) is 1. The Morgan fingerprint density at radius 2 is 2.30 bits per heavy atom. The summed E-state index contributed by atoms with van der Waals surface area (Å²) in [4.78, 5) is 16.4. The van der Waals surface area contributed by atoms with Gasteiger partial charge in [-0.1, -0.05) is 0 Å². The highest BCUT2D eigenvalue weighted by molar-refractivity contribution is 5.67. The Balaban J connectivity index is 1.86. The third kappa shape index (κ3) is 2.19. The van der Waals surface area contributed by atoms with Gasteiger partial charge in [-0.3, -0.25) is 4.98 Å². The zero-order chi connectivity index (χ0) is 16.0. The van der Waals surface area contributed by atoms with E-state index in [1.165, 1.54) is 0 Å². The van der Waals surface area contributed by atoms with E-state index >= 15 is 0 Å². The van der Waals surface area contributed by atoms with Gasteiger partial charge in [-0.15, -0.1) is 0 Å². The van der Waals surface area contributed by atoms with E-state index in [0.717, 1.165) is 18.4 Å². The maximum absolute atomic E-state index is 12.3. The van der Waals surface area contributed by atoms with Crippen molar-refractivity contribution in [2.75, 3.05) is 0 Å². The molecule has 0 unspecified atom stereocenters. The van der Waals surface area contributed by atoms with Gasteiger partial charge in [-0.2, -0.15) is 0 Å². The zero-order valence-corrected chi connectivity index (χ0v) is 12.8. The molecule has 0 amide bonds. The first-order chi connectivity index (χ1) is 11.1. The lowest BCUT2D eigenvalue weighted by Gasteiger charge is -2.43. The molecule has 2 atom stereocenters. The molecule has 4 rings (SSSR count). The minimum absolute atomic E-state index is 0.410. The molecule has 0 radical (unpaired) electrons. The van der Waals surface area contributed by atoms with E-state index in [9.17, 15) is 9.90 Å². The van der Waals surface area contributed by atoms with E-state index in [0.29, 0.717) is 29.1 Å². The van der Waals surface area contributed by atoms with Gasteiger partial charge in [-0.25, -0.2) is 4.79 Å². The summed E-state index contributed by atoms with van der Waals surface area (Å²) in [6.45, 7) is 1.88. The lowest BCUT2D eigenvalue weighted by atomic mass is 9.77. The maximum Gasteiger partial charge on any atom is 0.347 e. The number of fused-ring (bicyclic) bond motifs is 2. The van der Waals surface area contributed by atoms with Crippen LogP contribution in [-0.4, -0.2) is 21.8 Å². The molecule has 1 aliphatic heterocycles. The van der Waals surface area contributed by atoms with Crippen molar-refractivity contribution in [2.24, 2.45) is 0 Å². The predicted octanol–water partition coefficient (Wildman–Crippen LogP) is 2.78. The summed E-state index contributed by atoms with van der Waals surface area (Å²) in [5, 5.41) is 10.4. The summed E-state index contributed by atoms with van der Waals surface area (Å²) in [6.07, 6.45) is 6.93. The van der Waals surface area contributed by atoms with Crippen molar-refractivity contribution in [2.45, 2.75) is 37.9 Å². The normalized spacial score (nSPS) is 25.8. The maximum atomic E-state index is 12.3. The van der Waals surface area contributed by atoms with Crippen LogP contribution < -0.4 is 10.4 Å². The zero-order valence-electron chi connectivity index (χ0n) is 12.8. The summed E-state index contributed by atoms with van der Waals surface area (Å²) in [5.74, 6) is 0.861. The summed E-state index contributed by atoms with van der Waals surface area (Å²) < 4.78 is 11.5. The summed E-state index contributed by atoms with van der Waals surface area (Å²) in [6, 6.07) is 5.30. The monoisotopic (exact) mass is 311 g/mol. The minimum Gasteiger partial charge on any atom is -0.479 e. The van der Waals surface area contributed by atoms with Crippen molar-refractivity contribution in [1.82, 2.24) is 4.98 Å². The van der Waals surface area contributed by atoms with E-state index in [4.69, 9.17) is 9.15 Å². The fraction of sp³-hybridized carbons (Fsp3) is 0.333. The third-order valence-corrected chi connectivity index (χ3v) is 4.73. The fourth-order valence-corrected chi connectivity index (χ4v) is 3.32. The Morgan fingerprint density at radius 3 is 3.09 bits per heavy atom. The van der Waals surface area contributed by atoms with Gasteiger partial charge in [0, 0.05) is 24.0 Å². The second kappa shape index (κ2) is 5.06. The first-order valence-electron chi connectivity index (χ1n) is 7.74. The fourth-order valence-electron chi connectivity index (χ4n) is 3.32. The van der Waals surface area contributed by atoms with E-state index in [1.807, 2.05) is 19.1 Å². The van der Waals surface area contributed by atoms with E-state index in [2.05, 4.69) is 4.98 Å². The average Bonchev–Trinajstić information content (AvgIpc) is 2.55. The Hall–Kier alpha value is -2.40. The second-order valence-electron chi connectivity index (χ2n) is 6.20. The van der Waals surface area contributed by atoms with Crippen LogP contribution in [0.3, 0.4) is 0 Å². The molecule has 2 aromatic heterocycles. The van der Waals surface area contributed by atoms with Crippen LogP contribution in [-0.2, 0) is 0 Å². The molecule has 23 heavy (non-hydrogen) atoms. The molecule has 3 heterocycles. The van der Waals surface area contributed by atoms with E-state index < -0.39 is 17.3 Å². The summed E-state index contributed by atoms with van der Waals surface area (Å²) in [5.41, 5.74) is 0.867. The molecule has 118 valence electrons. The molecule has 1 N–H and O–H groups in total. The predicted molar refractivity (Wildman–Crippen MR) is 85.1 cm³/mol. The first kappa shape index (κ1) is 14.2. The van der Waals surface area contributed by atoms with Crippen LogP contribution in [0.25, 0.3) is 17.4 Å². The van der Waals surface area contributed by atoms with Crippen LogP contribution in [0.15, 0.2) is 45.4 Å². The molecule has 1 aliphatic carbocycles. The van der Waals surface area contributed by atoms with Crippen LogP contribution in [0.4, 0.5) is 0 Å². The molecular formula is C18H17NO4. The standard InChI is InChI=1S/C18H17NO4/c1-18-12(5-2-6-16(18)20)8-13-15(23-18)9-14(22-17(13)21)11-4-3-7-19-10-11/h3-4,7-10,16,20H,2,5-6H2,1H3/t16-,18+/m1/s1. The van der Waals surface area contributed by atoms with Crippen molar-refractivity contribution in [1.29, 1.82) is 0 Å². The highest BCUT2D eigenvalue weighted by atomic mass is 16.5. The summed E-state index contributed by atoms with van der Waals surface area (Å²) >= 11 is 0. The Kier molecular flexibility index (Phi) is 3.13. The Morgan fingerprint density at radius 1 is 1.43 bits per heavy atom. The number of hydrogen-bond donors (Lipinski definition) is 1. The number of pyridine rings is 1. The van der Waals surface area contributed by atoms with Crippen LogP contribution in [0.1, 0.15) is 31.7 Å². The lowest BCUT2D eigenvalue weighted by Crippen LogP contribution is -2.50. The number of rotatable bonds is 1. The number of hydrogen-bond acceptors (Lipinski definition) is 5. The largest absolute Gasteiger partial charge is 0.479 e. The number of aromatic nitrogens is 1. The number of aliphatic hydroxyl groups excluding tert-OH is 1. The Bertz CT molecular complexity index is 840. The minimum atomic E-state index is -0.773. The van der Waals surface area contributed by atoms with Gasteiger partial charge in [0.1, 0.15) is 17.1 Å². The van der Waals surface area contributed by atoms with Gasteiger partial charge in [0.15, 0.2) is 5.60 Å². The van der Waals surface area contributed by atoms with Crippen LogP contribution >= 0.6 is 0 Å². The van der Waals surface area contributed by atoms with Gasteiger partial charge < -0.3 is 14.3 Å². The van der Waals surface area contributed by atoms with Gasteiger partial charge in [0.05, 0.1) is 6.10 Å². The topological polar surface area (TPSA) is 72.6 Å². The first-order valence-corrected chi connectivity index (χ1v) is 7.74. The Labute approximate surface area is 133 Å². The molecule has 0 spiro atoms. The van der Waals surface area contributed by atoms with Gasteiger partial charge in [0.2, 0.25) is 0 Å². The van der Waals surface area contributed by atoms with Crippen molar-refractivity contribution < 1.29 is 14.3 Å². The van der Waals surface area contributed by atoms with Crippen LogP contribution in [0, 0.1) is 0 Å². The van der Waals surface area contributed by atoms with E-state index in [1.54, 1.807) is 24.5 Å². The third-order valence-electron chi connectivity index (χ3n) is 4.73. The molecule has 0 saturated heterocycles. The average molecular weight is 311 g/mol. The molecule has 1 saturated carbocycles. The molecular weight excluding hydrogens is 294 g/mol. The lowest BCUT2D eigenvalue weighted by molar-refractivity contribution is -0.0356. The van der Waals surface area contributed by atoms with Gasteiger partial charge >= 0.3 is 5.63 Å². The van der Waals surface area contributed by atoms with Gasteiger partial charge in [-0.05, 0) is 50.0 Å². The molecule has 2 aromatic rings. The molecule has 0 bridgehead atoms. The highest BCUT2D eigenvalue weighted by Gasteiger charge is 2.44. The number of nitrogens with zero attached hydrogens (tertiary/aromatic N) is 1. The quantitative estimate of drug-likeness (QED) is 0.876. The molecule has 0 aromatic carbocycles. The molecule has 2 aliphatic rings. The van der Waals surface area contributed by atoms with Crippen molar-refractivity contribution >= 4 is 6.08 Å². The SMILES string of the molecule is C[C@]12Oc3cc(-c4cccnc4)oc(=O)c3C=C1CCC[C@H]2O. The second-order valence-corrected chi connectivity index (χ2v) is 6.20. The molecule has 1 fully saturated rings. The highest BCUT2D eigenvalue weighted by Crippen LogP contribution is 2.43. The van der Waals surface area contributed by atoms with Crippen LogP contribution in [0.2, 0.25) is 0 Å². The molecule has 5 heteroatoms. The van der Waals surface area contributed by atoms with E-state index in [-0.39, 0.29) is 0 Å². The van der Waals surface area contributed by atoms with Crippen molar-refractivity contribution in [3.05, 3.63) is 52.1 Å².